The first kappa shape index (κ1) is 14.9. The number of anilines is 1. The van der Waals surface area contributed by atoms with Gasteiger partial charge < -0.3 is 15.3 Å². The van der Waals surface area contributed by atoms with Crippen LogP contribution in [0.25, 0.3) is 5.70 Å². The summed E-state index contributed by atoms with van der Waals surface area (Å²) in [4.78, 5) is 15.3. The topological polar surface area (TPSA) is 86.7 Å². The normalized spacial score (nSPS) is 13.5. The Hall–Kier alpha value is -3.06. The molecular formula is C16H16N4O3. The largest absolute Gasteiger partial charge is 0.495 e. The van der Waals surface area contributed by atoms with Gasteiger partial charge in [-0.1, -0.05) is 6.07 Å². The number of benzene rings is 1. The van der Waals surface area contributed by atoms with Gasteiger partial charge in [-0.3, -0.25) is 9.99 Å². The average Bonchev–Trinajstić information content (AvgIpc) is 3.05. The van der Waals surface area contributed by atoms with Crippen LogP contribution in [-0.2, 0) is 0 Å². The molecule has 2 aromatic rings. The molecule has 1 aromatic carbocycles. The van der Waals surface area contributed by atoms with Crippen LogP contribution in [-0.4, -0.2) is 23.2 Å². The maximum Gasteiger partial charge on any atom is 0.335 e. The number of nitrogens with one attached hydrogen (secondary N) is 2. The molecule has 0 fully saturated rings. The fourth-order valence-electron chi connectivity index (χ4n) is 2.27. The van der Waals surface area contributed by atoms with Crippen LogP contribution >= 0.6 is 0 Å². The highest BCUT2D eigenvalue weighted by Crippen LogP contribution is 2.25. The maximum absolute atomic E-state index is 11.1. The number of aryl methyl sites for hydroxylation is 1. The molecule has 0 bridgehead atoms. The third-order valence-corrected chi connectivity index (χ3v) is 3.54. The monoisotopic (exact) mass is 312 g/mol. The van der Waals surface area contributed by atoms with Gasteiger partial charge in [0.25, 0.3) is 0 Å². The Morgan fingerprint density at radius 1 is 1.30 bits per heavy atom. The fraction of sp³-hybridized carbons (Fsp3) is 0.125. The van der Waals surface area contributed by atoms with Gasteiger partial charge in [-0.05, 0) is 30.7 Å². The first-order chi connectivity index (χ1) is 11.1. The quantitative estimate of drug-likeness (QED) is 0.795. The number of ether oxygens (including phenoxy) is 1. The molecule has 0 aliphatic carbocycles. The minimum atomic E-state index is -0.959. The summed E-state index contributed by atoms with van der Waals surface area (Å²) < 4.78 is 5.17. The van der Waals surface area contributed by atoms with E-state index in [4.69, 9.17) is 9.84 Å². The van der Waals surface area contributed by atoms with Crippen molar-refractivity contribution < 1.29 is 14.6 Å². The SMILES string of the molecule is COc1cncc(C2=CN(c3cc(C(=O)O)ccc3C)NN2)c1. The zero-order chi connectivity index (χ0) is 16.4. The molecule has 0 saturated carbocycles. The highest BCUT2D eigenvalue weighted by Gasteiger charge is 2.18. The number of methoxy groups -OCH3 is 1. The number of hydrazine groups is 2. The molecule has 7 nitrogen and oxygen atoms in total. The van der Waals surface area contributed by atoms with Gasteiger partial charge >= 0.3 is 5.97 Å². The Kier molecular flexibility index (Phi) is 3.86. The Bertz CT molecular complexity index is 789. The van der Waals surface area contributed by atoms with Crippen molar-refractivity contribution in [3.05, 3.63) is 59.5 Å². The van der Waals surface area contributed by atoms with Crippen molar-refractivity contribution >= 4 is 17.4 Å². The Morgan fingerprint density at radius 2 is 2.13 bits per heavy atom. The van der Waals surface area contributed by atoms with Crippen molar-refractivity contribution in [2.24, 2.45) is 0 Å². The molecule has 2 heterocycles. The summed E-state index contributed by atoms with van der Waals surface area (Å²) in [7, 11) is 1.59. The fourth-order valence-corrected chi connectivity index (χ4v) is 2.27. The third-order valence-electron chi connectivity index (χ3n) is 3.54. The van der Waals surface area contributed by atoms with E-state index in [1.165, 1.54) is 0 Å². The highest BCUT2D eigenvalue weighted by molar-refractivity contribution is 5.89. The number of nitrogens with zero attached hydrogens (tertiary/aromatic N) is 2. The van der Waals surface area contributed by atoms with E-state index in [9.17, 15) is 4.79 Å². The summed E-state index contributed by atoms with van der Waals surface area (Å²) in [6.45, 7) is 1.92. The van der Waals surface area contributed by atoms with E-state index in [-0.39, 0.29) is 5.56 Å². The number of carboxylic acid groups (broad SMARTS) is 1. The van der Waals surface area contributed by atoms with Crippen molar-refractivity contribution in [2.75, 3.05) is 12.1 Å². The smallest absolute Gasteiger partial charge is 0.335 e. The van der Waals surface area contributed by atoms with E-state index >= 15 is 0 Å². The van der Waals surface area contributed by atoms with Crippen LogP contribution in [0.2, 0.25) is 0 Å². The zero-order valence-electron chi connectivity index (χ0n) is 12.7. The van der Waals surface area contributed by atoms with Crippen LogP contribution in [0.15, 0.2) is 42.9 Å². The molecule has 3 N–H and O–H groups in total. The second-order valence-electron chi connectivity index (χ2n) is 5.07. The molecule has 3 rings (SSSR count). The second kappa shape index (κ2) is 5.98. The summed E-state index contributed by atoms with van der Waals surface area (Å²) >= 11 is 0. The van der Waals surface area contributed by atoms with Gasteiger partial charge in [0.2, 0.25) is 0 Å². The lowest BCUT2D eigenvalue weighted by Gasteiger charge is -2.18. The number of aromatic nitrogens is 1. The standard InChI is InChI=1S/C16H16N4O3/c1-10-3-4-11(16(21)22)6-15(10)20-9-14(18-19-20)12-5-13(23-2)8-17-7-12/h3-9,18-19H,1-2H3,(H,21,22). The number of carbonyl (C=O) groups is 1. The van der Waals surface area contributed by atoms with E-state index in [2.05, 4.69) is 15.9 Å². The molecule has 0 saturated heterocycles. The third kappa shape index (κ3) is 2.95. The summed E-state index contributed by atoms with van der Waals surface area (Å²) in [6, 6.07) is 6.84. The highest BCUT2D eigenvalue weighted by atomic mass is 16.5. The van der Waals surface area contributed by atoms with Crippen molar-refractivity contribution in [3.63, 3.8) is 0 Å². The molecule has 0 unspecified atom stereocenters. The van der Waals surface area contributed by atoms with Gasteiger partial charge in [0.15, 0.2) is 0 Å². The van der Waals surface area contributed by atoms with Crippen LogP contribution in [0.1, 0.15) is 21.5 Å². The predicted octanol–water partition coefficient (Wildman–Crippen LogP) is 1.92. The molecule has 23 heavy (non-hydrogen) atoms. The Balaban J connectivity index is 1.93. The Labute approximate surface area is 133 Å². The zero-order valence-corrected chi connectivity index (χ0v) is 12.7. The molecule has 0 atom stereocenters. The summed E-state index contributed by atoms with van der Waals surface area (Å²) in [5.74, 6) is -0.299. The van der Waals surface area contributed by atoms with E-state index < -0.39 is 5.97 Å². The van der Waals surface area contributed by atoms with E-state index in [1.807, 2.05) is 19.2 Å². The lowest BCUT2D eigenvalue weighted by atomic mass is 10.1. The van der Waals surface area contributed by atoms with Gasteiger partial charge in [-0.15, -0.1) is 5.53 Å². The first-order valence-electron chi connectivity index (χ1n) is 6.94. The second-order valence-corrected chi connectivity index (χ2v) is 5.07. The number of aromatic carboxylic acids is 1. The van der Waals surface area contributed by atoms with Crippen molar-refractivity contribution in [1.82, 2.24) is 15.9 Å². The molecule has 1 aromatic heterocycles. The van der Waals surface area contributed by atoms with E-state index in [1.54, 1.807) is 42.7 Å². The summed E-state index contributed by atoms with van der Waals surface area (Å²) in [5, 5.41) is 10.9. The average molecular weight is 312 g/mol. The molecule has 0 radical (unpaired) electrons. The number of rotatable bonds is 4. The van der Waals surface area contributed by atoms with Crippen LogP contribution in [0.5, 0.6) is 5.75 Å². The number of hydrogen-bond donors (Lipinski definition) is 3. The van der Waals surface area contributed by atoms with Crippen molar-refractivity contribution in [3.8, 4) is 5.75 Å². The van der Waals surface area contributed by atoms with Crippen LogP contribution < -0.4 is 20.7 Å². The van der Waals surface area contributed by atoms with Gasteiger partial charge in [0.05, 0.1) is 30.3 Å². The van der Waals surface area contributed by atoms with Gasteiger partial charge in [-0.25, -0.2) is 4.79 Å². The first-order valence-corrected chi connectivity index (χ1v) is 6.94. The van der Waals surface area contributed by atoms with E-state index in [0.29, 0.717) is 5.75 Å². The lowest BCUT2D eigenvalue weighted by Crippen LogP contribution is -2.36. The predicted molar refractivity (Wildman–Crippen MR) is 85.7 cm³/mol. The minimum Gasteiger partial charge on any atom is -0.495 e. The van der Waals surface area contributed by atoms with Gasteiger partial charge in [0, 0.05) is 18.0 Å². The van der Waals surface area contributed by atoms with Crippen LogP contribution in [0, 0.1) is 6.92 Å². The lowest BCUT2D eigenvalue weighted by molar-refractivity contribution is 0.0697. The number of pyridine rings is 1. The molecule has 118 valence electrons. The van der Waals surface area contributed by atoms with Crippen molar-refractivity contribution in [2.45, 2.75) is 6.92 Å². The van der Waals surface area contributed by atoms with Crippen LogP contribution in [0.4, 0.5) is 5.69 Å². The maximum atomic E-state index is 11.1. The van der Waals surface area contributed by atoms with E-state index in [0.717, 1.165) is 22.5 Å². The Morgan fingerprint density at radius 3 is 2.87 bits per heavy atom. The van der Waals surface area contributed by atoms with Gasteiger partial charge in [0.1, 0.15) is 5.75 Å². The summed E-state index contributed by atoms with van der Waals surface area (Å²) in [5.41, 5.74) is 9.63. The molecular weight excluding hydrogens is 296 g/mol. The minimum absolute atomic E-state index is 0.234. The number of hydrogen-bond acceptors (Lipinski definition) is 6. The molecule has 7 heteroatoms. The molecule has 1 aliphatic heterocycles. The molecule has 0 spiro atoms. The number of carboxylic acids is 1. The molecule has 1 aliphatic rings. The van der Waals surface area contributed by atoms with Gasteiger partial charge in [-0.2, -0.15) is 0 Å². The van der Waals surface area contributed by atoms with Crippen molar-refractivity contribution in [1.29, 1.82) is 0 Å². The van der Waals surface area contributed by atoms with Crippen LogP contribution in [0.3, 0.4) is 0 Å². The summed E-state index contributed by atoms with van der Waals surface area (Å²) in [6.07, 6.45) is 5.18. The molecule has 0 amide bonds.